The van der Waals surface area contributed by atoms with Gasteiger partial charge in [-0.2, -0.15) is 4.98 Å². The van der Waals surface area contributed by atoms with Gasteiger partial charge >= 0.3 is 0 Å². The van der Waals surface area contributed by atoms with Crippen molar-refractivity contribution in [1.29, 1.82) is 0 Å². The van der Waals surface area contributed by atoms with Gasteiger partial charge in [-0.25, -0.2) is 4.98 Å². The molecule has 3 N–H and O–H groups in total. The SMILES string of the molecule is C=CCNc1cc(-c2ccccc2)nc(Nc2ccc(NC(C)=O)cc2)n1. The summed E-state index contributed by atoms with van der Waals surface area (Å²) in [5.74, 6) is 1.09. The molecule has 0 saturated heterocycles. The van der Waals surface area contributed by atoms with Gasteiger partial charge in [0.25, 0.3) is 0 Å². The van der Waals surface area contributed by atoms with Crippen LogP contribution in [0, 0.1) is 0 Å². The summed E-state index contributed by atoms with van der Waals surface area (Å²) >= 11 is 0. The van der Waals surface area contributed by atoms with Crippen LogP contribution in [0.4, 0.5) is 23.1 Å². The maximum atomic E-state index is 11.1. The predicted octanol–water partition coefficient (Wildman–Crippen LogP) is 4.44. The topological polar surface area (TPSA) is 78.9 Å². The van der Waals surface area contributed by atoms with Crippen LogP contribution in [0.5, 0.6) is 0 Å². The maximum absolute atomic E-state index is 11.1. The molecule has 0 radical (unpaired) electrons. The van der Waals surface area contributed by atoms with Crippen molar-refractivity contribution in [3.63, 3.8) is 0 Å². The number of anilines is 4. The molecule has 0 fully saturated rings. The Hall–Kier alpha value is -3.67. The van der Waals surface area contributed by atoms with E-state index in [0.29, 0.717) is 18.3 Å². The van der Waals surface area contributed by atoms with Gasteiger partial charge < -0.3 is 16.0 Å². The molecule has 0 aliphatic heterocycles. The third-order valence-electron chi connectivity index (χ3n) is 3.68. The van der Waals surface area contributed by atoms with Crippen LogP contribution in [-0.2, 0) is 4.79 Å². The van der Waals surface area contributed by atoms with Crippen LogP contribution in [0.3, 0.4) is 0 Å². The second-order valence-corrected chi connectivity index (χ2v) is 5.88. The van der Waals surface area contributed by atoms with Crippen molar-refractivity contribution in [1.82, 2.24) is 9.97 Å². The molecule has 6 nitrogen and oxygen atoms in total. The van der Waals surface area contributed by atoms with E-state index in [1.54, 1.807) is 6.08 Å². The number of nitrogens with zero attached hydrogens (tertiary/aromatic N) is 2. The van der Waals surface area contributed by atoms with Gasteiger partial charge in [-0.1, -0.05) is 36.4 Å². The highest BCUT2D eigenvalue weighted by molar-refractivity contribution is 5.88. The Balaban J connectivity index is 1.87. The fraction of sp³-hybridized carbons (Fsp3) is 0.0952. The van der Waals surface area contributed by atoms with Crippen LogP contribution >= 0.6 is 0 Å². The second kappa shape index (κ2) is 8.62. The molecule has 0 aliphatic rings. The molecule has 6 heteroatoms. The molecule has 2 aromatic carbocycles. The smallest absolute Gasteiger partial charge is 0.229 e. The largest absolute Gasteiger partial charge is 0.366 e. The average molecular weight is 359 g/mol. The lowest BCUT2D eigenvalue weighted by atomic mass is 10.1. The van der Waals surface area contributed by atoms with Crippen molar-refractivity contribution in [3.8, 4) is 11.3 Å². The van der Waals surface area contributed by atoms with Crippen LogP contribution in [0.25, 0.3) is 11.3 Å². The molecule has 136 valence electrons. The van der Waals surface area contributed by atoms with Crippen LogP contribution in [0.2, 0.25) is 0 Å². The lowest BCUT2D eigenvalue weighted by Crippen LogP contribution is -2.06. The van der Waals surface area contributed by atoms with E-state index in [1.165, 1.54) is 6.92 Å². The molecule has 3 rings (SSSR count). The van der Waals surface area contributed by atoms with E-state index < -0.39 is 0 Å². The fourth-order valence-electron chi connectivity index (χ4n) is 2.50. The molecule has 0 saturated carbocycles. The number of aromatic nitrogens is 2. The van der Waals surface area contributed by atoms with E-state index in [-0.39, 0.29) is 5.91 Å². The number of carbonyl (C=O) groups excluding carboxylic acids is 1. The zero-order chi connectivity index (χ0) is 19.1. The van der Waals surface area contributed by atoms with Crippen molar-refractivity contribution in [2.24, 2.45) is 0 Å². The minimum atomic E-state index is -0.104. The average Bonchev–Trinajstić information content (AvgIpc) is 2.68. The van der Waals surface area contributed by atoms with Crippen molar-refractivity contribution in [2.75, 3.05) is 22.5 Å². The molecule has 0 atom stereocenters. The maximum Gasteiger partial charge on any atom is 0.229 e. The van der Waals surface area contributed by atoms with Crippen LogP contribution in [-0.4, -0.2) is 22.4 Å². The summed E-state index contributed by atoms with van der Waals surface area (Å²) in [6.45, 7) is 5.81. The fourth-order valence-corrected chi connectivity index (χ4v) is 2.50. The Bertz CT molecular complexity index is 923. The lowest BCUT2D eigenvalue weighted by Gasteiger charge is -2.11. The first-order valence-electron chi connectivity index (χ1n) is 8.58. The summed E-state index contributed by atoms with van der Waals surface area (Å²) < 4.78 is 0. The van der Waals surface area contributed by atoms with Gasteiger partial charge in [0.05, 0.1) is 5.69 Å². The van der Waals surface area contributed by atoms with Crippen LogP contribution < -0.4 is 16.0 Å². The van der Waals surface area contributed by atoms with E-state index >= 15 is 0 Å². The van der Waals surface area contributed by atoms with Gasteiger partial charge in [-0.15, -0.1) is 6.58 Å². The Labute approximate surface area is 158 Å². The number of hydrogen-bond acceptors (Lipinski definition) is 5. The summed E-state index contributed by atoms with van der Waals surface area (Å²) in [6, 6.07) is 19.2. The Morgan fingerprint density at radius 2 is 1.74 bits per heavy atom. The molecule has 1 amide bonds. The monoisotopic (exact) mass is 359 g/mol. The van der Waals surface area contributed by atoms with E-state index in [9.17, 15) is 4.79 Å². The standard InChI is InChI=1S/C21H21N5O/c1-3-13-22-20-14-19(16-7-5-4-6-8-16)25-21(26-20)24-18-11-9-17(10-12-18)23-15(2)27/h3-12,14H,1,13H2,2H3,(H,23,27)(H2,22,24,25,26). The molecule has 1 heterocycles. The second-order valence-electron chi connectivity index (χ2n) is 5.88. The quantitative estimate of drug-likeness (QED) is 0.543. The molecule has 3 aromatic rings. The number of rotatable bonds is 7. The molecule has 1 aromatic heterocycles. The van der Waals surface area contributed by atoms with Gasteiger partial charge in [0.15, 0.2) is 0 Å². The van der Waals surface area contributed by atoms with E-state index in [2.05, 4.69) is 32.5 Å². The minimum absolute atomic E-state index is 0.104. The third-order valence-corrected chi connectivity index (χ3v) is 3.68. The summed E-state index contributed by atoms with van der Waals surface area (Å²) in [6.07, 6.45) is 1.78. The van der Waals surface area contributed by atoms with E-state index in [4.69, 9.17) is 0 Å². The molecular weight excluding hydrogens is 338 g/mol. The molecule has 0 spiro atoms. The van der Waals surface area contributed by atoms with Crippen molar-refractivity contribution < 1.29 is 4.79 Å². The number of nitrogens with one attached hydrogen (secondary N) is 3. The lowest BCUT2D eigenvalue weighted by molar-refractivity contribution is -0.114. The molecule has 0 bridgehead atoms. The first kappa shape index (κ1) is 18.1. The Kier molecular flexibility index (Phi) is 5.79. The Morgan fingerprint density at radius 3 is 2.41 bits per heavy atom. The number of benzene rings is 2. The van der Waals surface area contributed by atoms with Gasteiger partial charge in [-0.3, -0.25) is 4.79 Å². The Morgan fingerprint density at radius 1 is 1.04 bits per heavy atom. The number of amides is 1. The van der Waals surface area contributed by atoms with Crippen molar-refractivity contribution >= 4 is 29.0 Å². The first-order chi connectivity index (χ1) is 13.1. The highest BCUT2D eigenvalue weighted by Gasteiger charge is 2.07. The number of hydrogen-bond donors (Lipinski definition) is 3. The van der Waals surface area contributed by atoms with Gasteiger partial charge in [-0.05, 0) is 24.3 Å². The first-order valence-corrected chi connectivity index (χ1v) is 8.58. The molecule has 27 heavy (non-hydrogen) atoms. The summed E-state index contributed by atoms with van der Waals surface area (Å²) in [4.78, 5) is 20.3. The van der Waals surface area contributed by atoms with Crippen LogP contribution in [0.1, 0.15) is 6.92 Å². The van der Waals surface area contributed by atoms with E-state index in [0.717, 1.165) is 22.6 Å². The summed E-state index contributed by atoms with van der Waals surface area (Å²) in [5.41, 5.74) is 3.38. The minimum Gasteiger partial charge on any atom is -0.366 e. The molecule has 0 aliphatic carbocycles. The number of carbonyl (C=O) groups is 1. The molecular formula is C21H21N5O. The van der Waals surface area contributed by atoms with Gasteiger partial charge in [0.1, 0.15) is 5.82 Å². The normalized spacial score (nSPS) is 10.1. The van der Waals surface area contributed by atoms with Gasteiger partial charge in [0, 0.05) is 36.5 Å². The summed E-state index contributed by atoms with van der Waals surface area (Å²) in [5, 5.41) is 9.16. The van der Waals surface area contributed by atoms with Crippen LogP contribution in [0.15, 0.2) is 73.3 Å². The zero-order valence-corrected chi connectivity index (χ0v) is 15.1. The summed E-state index contributed by atoms with van der Waals surface area (Å²) in [7, 11) is 0. The highest BCUT2D eigenvalue weighted by atomic mass is 16.1. The third kappa shape index (κ3) is 5.15. The van der Waals surface area contributed by atoms with Gasteiger partial charge in [0.2, 0.25) is 11.9 Å². The molecule has 0 unspecified atom stereocenters. The highest BCUT2D eigenvalue weighted by Crippen LogP contribution is 2.23. The van der Waals surface area contributed by atoms with E-state index in [1.807, 2.05) is 60.7 Å². The van der Waals surface area contributed by atoms with Crippen molar-refractivity contribution in [2.45, 2.75) is 6.92 Å². The predicted molar refractivity (Wildman–Crippen MR) is 110 cm³/mol. The zero-order valence-electron chi connectivity index (χ0n) is 15.1. The van der Waals surface area contributed by atoms with Crippen molar-refractivity contribution in [3.05, 3.63) is 73.3 Å².